The molecule has 0 radical (unpaired) electrons. The summed E-state index contributed by atoms with van der Waals surface area (Å²) in [5.74, 6) is -2.44. The molecule has 4 N–H and O–H groups in total. The van der Waals surface area contributed by atoms with Gasteiger partial charge in [0.25, 0.3) is 5.91 Å². The summed E-state index contributed by atoms with van der Waals surface area (Å²) in [4.78, 5) is 26.2. The number of hydrogen-bond donors (Lipinski definition) is 4. The third-order valence-electron chi connectivity index (χ3n) is 6.54. The summed E-state index contributed by atoms with van der Waals surface area (Å²) in [6.07, 6.45) is -4.13. The van der Waals surface area contributed by atoms with Crippen LogP contribution >= 0.6 is 0 Å². The van der Waals surface area contributed by atoms with Crippen molar-refractivity contribution in [3.05, 3.63) is 76.9 Å². The molecule has 2 heterocycles. The highest BCUT2D eigenvalue weighted by Crippen LogP contribution is 2.31. The Kier molecular flexibility index (Phi) is 8.82. The Morgan fingerprint density at radius 3 is 2.29 bits per heavy atom. The fourth-order valence-corrected chi connectivity index (χ4v) is 4.59. The monoisotopic (exact) mass is 566 g/mol. The lowest BCUT2D eigenvalue weighted by atomic mass is 9.94. The number of alkyl halides is 3. The molecular weight excluding hydrogens is 537 g/mol. The van der Waals surface area contributed by atoms with Gasteiger partial charge in [-0.15, -0.1) is 10.2 Å². The number of carboxylic acids is 1. The smallest absolute Gasteiger partial charge is 0.475 e. The Bertz CT molecular complexity index is 1570. The number of fused-ring (bicyclic) bond motifs is 1. The van der Waals surface area contributed by atoms with Crippen LogP contribution in [0.4, 0.5) is 24.8 Å². The van der Waals surface area contributed by atoms with E-state index in [0.29, 0.717) is 11.5 Å². The lowest BCUT2D eigenvalue weighted by Gasteiger charge is -2.13. The van der Waals surface area contributed by atoms with Gasteiger partial charge in [-0.3, -0.25) is 4.79 Å². The standard InChI is InChI=1S/C27H28N6O.C2HF3O2/c1-16-6-4-7-17(2)24(16)20-12-18(3)25-23(14-20)32-33-27(31-25)30-21-9-5-8-19(13-21)26(34)29-22-10-11-28-15-22;3-2(4,5)1(6)7/h4-9,12-14,22,28H,10-11,15H2,1-3H3,(H,29,34)(H,30,31,33);(H,6,7). The molecule has 1 aromatic heterocycles. The summed E-state index contributed by atoms with van der Waals surface area (Å²) in [5.41, 5.74) is 8.72. The minimum absolute atomic E-state index is 0.0789. The number of hydrogen-bond acceptors (Lipinski definition) is 7. The fraction of sp³-hybridized carbons (Fsp3) is 0.276. The maximum absolute atomic E-state index is 12.6. The van der Waals surface area contributed by atoms with E-state index >= 15 is 0 Å². The van der Waals surface area contributed by atoms with Crippen LogP contribution in [0.3, 0.4) is 0 Å². The van der Waals surface area contributed by atoms with Crippen LogP contribution in [0.2, 0.25) is 0 Å². The van der Waals surface area contributed by atoms with E-state index in [4.69, 9.17) is 14.9 Å². The van der Waals surface area contributed by atoms with E-state index in [9.17, 15) is 18.0 Å². The predicted molar refractivity (Wildman–Crippen MR) is 149 cm³/mol. The van der Waals surface area contributed by atoms with Gasteiger partial charge in [0, 0.05) is 23.8 Å². The lowest BCUT2D eigenvalue weighted by Crippen LogP contribution is -2.36. The van der Waals surface area contributed by atoms with Crippen molar-refractivity contribution < 1.29 is 27.9 Å². The van der Waals surface area contributed by atoms with Gasteiger partial charge in [-0.05, 0) is 91.9 Å². The Balaban J connectivity index is 0.000000493. The van der Waals surface area contributed by atoms with Gasteiger partial charge in [-0.2, -0.15) is 13.2 Å². The number of halogens is 3. The summed E-state index contributed by atoms with van der Waals surface area (Å²) in [6.45, 7) is 8.03. The van der Waals surface area contributed by atoms with Gasteiger partial charge in [-0.25, -0.2) is 9.78 Å². The first-order chi connectivity index (χ1) is 19.4. The van der Waals surface area contributed by atoms with Crippen LogP contribution in [0.5, 0.6) is 0 Å². The Labute approximate surface area is 234 Å². The van der Waals surface area contributed by atoms with Crippen molar-refractivity contribution in [3.63, 3.8) is 0 Å². The molecule has 214 valence electrons. The maximum Gasteiger partial charge on any atom is 0.490 e. The van der Waals surface area contributed by atoms with Gasteiger partial charge in [0.05, 0.1) is 5.52 Å². The molecule has 1 aliphatic rings. The number of carboxylic acid groups (broad SMARTS) is 1. The van der Waals surface area contributed by atoms with Crippen LogP contribution in [0.25, 0.3) is 22.2 Å². The molecule has 5 rings (SSSR count). The van der Waals surface area contributed by atoms with Crippen molar-refractivity contribution in [1.29, 1.82) is 0 Å². The molecule has 3 aromatic carbocycles. The topological polar surface area (TPSA) is 129 Å². The van der Waals surface area contributed by atoms with Crippen molar-refractivity contribution >= 4 is 34.5 Å². The SMILES string of the molecule is Cc1cccc(C)c1-c1cc(C)c2nc(Nc3cccc(C(=O)NC4CCNC4)c3)nnc2c1.O=C(O)C(F)(F)F. The average Bonchev–Trinajstić information content (AvgIpc) is 3.42. The predicted octanol–water partition coefficient (Wildman–Crippen LogP) is 5.09. The first-order valence-corrected chi connectivity index (χ1v) is 12.8. The van der Waals surface area contributed by atoms with Crippen LogP contribution in [0, 0.1) is 20.8 Å². The number of rotatable bonds is 5. The van der Waals surface area contributed by atoms with Gasteiger partial charge in [0.15, 0.2) is 0 Å². The first-order valence-electron chi connectivity index (χ1n) is 12.8. The van der Waals surface area contributed by atoms with Crippen LogP contribution in [0.15, 0.2) is 54.6 Å². The minimum Gasteiger partial charge on any atom is -0.475 e. The number of aliphatic carboxylic acids is 1. The van der Waals surface area contributed by atoms with E-state index in [1.807, 2.05) is 37.3 Å². The largest absolute Gasteiger partial charge is 0.490 e. The number of carbonyl (C=O) groups is 2. The second-order valence-corrected chi connectivity index (χ2v) is 9.73. The highest BCUT2D eigenvalue weighted by atomic mass is 19.4. The minimum atomic E-state index is -5.08. The molecule has 4 aromatic rings. The number of anilines is 2. The van der Waals surface area contributed by atoms with E-state index in [1.165, 1.54) is 16.7 Å². The molecule has 1 unspecified atom stereocenters. The summed E-state index contributed by atoms with van der Waals surface area (Å²) in [7, 11) is 0. The molecule has 0 bridgehead atoms. The highest BCUT2D eigenvalue weighted by molar-refractivity contribution is 5.95. The number of nitrogens with zero attached hydrogens (tertiary/aromatic N) is 3. The molecule has 41 heavy (non-hydrogen) atoms. The maximum atomic E-state index is 12.6. The summed E-state index contributed by atoms with van der Waals surface area (Å²) >= 11 is 0. The molecule has 12 heteroatoms. The van der Waals surface area contributed by atoms with Gasteiger partial charge < -0.3 is 21.1 Å². The molecule has 1 atom stereocenters. The zero-order valence-corrected chi connectivity index (χ0v) is 22.6. The van der Waals surface area contributed by atoms with Gasteiger partial charge in [-0.1, -0.05) is 24.3 Å². The summed E-state index contributed by atoms with van der Waals surface area (Å²) in [5, 5.41) is 25.4. The third-order valence-corrected chi connectivity index (χ3v) is 6.54. The third kappa shape index (κ3) is 7.34. The Morgan fingerprint density at radius 2 is 1.66 bits per heavy atom. The molecule has 1 fully saturated rings. The zero-order chi connectivity index (χ0) is 29.7. The molecule has 0 spiro atoms. The zero-order valence-electron chi connectivity index (χ0n) is 22.6. The van der Waals surface area contributed by atoms with E-state index in [2.05, 4.69) is 64.3 Å². The number of carbonyl (C=O) groups excluding carboxylic acids is 1. The number of benzene rings is 3. The van der Waals surface area contributed by atoms with E-state index in [-0.39, 0.29) is 11.9 Å². The van der Waals surface area contributed by atoms with E-state index in [0.717, 1.165) is 47.4 Å². The molecule has 1 saturated heterocycles. The normalized spacial score (nSPS) is 14.7. The number of nitrogens with one attached hydrogen (secondary N) is 3. The van der Waals surface area contributed by atoms with Crippen LogP contribution in [0.1, 0.15) is 33.5 Å². The van der Waals surface area contributed by atoms with Crippen molar-refractivity contribution in [2.45, 2.75) is 39.4 Å². The lowest BCUT2D eigenvalue weighted by molar-refractivity contribution is -0.192. The van der Waals surface area contributed by atoms with Crippen LogP contribution in [-0.4, -0.2) is 57.5 Å². The quantitative estimate of drug-likeness (QED) is 0.263. The summed E-state index contributed by atoms with van der Waals surface area (Å²) in [6, 6.07) is 18.0. The van der Waals surface area contributed by atoms with Crippen molar-refractivity contribution in [1.82, 2.24) is 25.8 Å². The fourth-order valence-electron chi connectivity index (χ4n) is 4.59. The van der Waals surface area contributed by atoms with Gasteiger partial charge >= 0.3 is 12.1 Å². The molecule has 1 aliphatic heterocycles. The van der Waals surface area contributed by atoms with Gasteiger partial charge in [0.2, 0.25) is 5.95 Å². The highest BCUT2D eigenvalue weighted by Gasteiger charge is 2.38. The summed E-state index contributed by atoms with van der Waals surface area (Å²) < 4.78 is 31.7. The van der Waals surface area contributed by atoms with Crippen LogP contribution in [-0.2, 0) is 4.79 Å². The molecule has 9 nitrogen and oxygen atoms in total. The van der Waals surface area contributed by atoms with E-state index in [1.54, 1.807) is 0 Å². The molecular formula is C29H29F3N6O3. The number of aromatic nitrogens is 3. The van der Waals surface area contributed by atoms with Crippen molar-refractivity contribution in [2.24, 2.45) is 0 Å². The van der Waals surface area contributed by atoms with Crippen LogP contribution < -0.4 is 16.0 Å². The van der Waals surface area contributed by atoms with Gasteiger partial charge in [0.1, 0.15) is 5.52 Å². The Morgan fingerprint density at radius 1 is 0.976 bits per heavy atom. The second kappa shape index (κ2) is 12.3. The first kappa shape index (κ1) is 29.4. The Hall–Kier alpha value is -4.58. The van der Waals surface area contributed by atoms with Crippen molar-refractivity contribution in [2.75, 3.05) is 18.4 Å². The van der Waals surface area contributed by atoms with E-state index < -0.39 is 12.1 Å². The number of amides is 1. The van der Waals surface area contributed by atoms with Crippen molar-refractivity contribution in [3.8, 4) is 11.1 Å². The number of aryl methyl sites for hydroxylation is 3. The molecule has 0 saturated carbocycles. The molecule has 1 amide bonds. The second-order valence-electron chi connectivity index (χ2n) is 9.73. The average molecular weight is 567 g/mol. The molecule has 0 aliphatic carbocycles.